The molecule has 1 aromatic rings. The maximum Gasteiger partial charge on any atom is 0.126 e. The van der Waals surface area contributed by atoms with E-state index in [9.17, 15) is 8.78 Å². The lowest BCUT2D eigenvalue weighted by Gasteiger charge is -2.18. The predicted octanol–water partition coefficient (Wildman–Crippen LogP) is 3.19. The van der Waals surface area contributed by atoms with Crippen LogP contribution in [0, 0.1) is 11.6 Å². The molecule has 1 aromatic carbocycles. The fraction of sp³-hybridized carbons (Fsp3) is 0.333. The van der Waals surface area contributed by atoms with Gasteiger partial charge in [0.1, 0.15) is 11.6 Å². The van der Waals surface area contributed by atoms with Gasteiger partial charge in [-0.15, -0.1) is 0 Å². The van der Waals surface area contributed by atoms with Crippen LogP contribution in [0.1, 0.15) is 25.5 Å². The highest BCUT2D eigenvalue weighted by atomic mass is 19.1. The van der Waals surface area contributed by atoms with Crippen LogP contribution in [0.15, 0.2) is 30.4 Å². The number of halogens is 2. The van der Waals surface area contributed by atoms with Crippen LogP contribution in [0.25, 0.3) is 0 Å². The van der Waals surface area contributed by atoms with Gasteiger partial charge in [-0.05, 0) is 31.2 Å². The summed E-state index contributed by atoms with van der Waals surface area (Å²) in [6, 6.07) is 3.32. The molecule has 0 aliphatic carbocycles. The first-order valence-corrected chi connectivity index (χ1v) is 4.89. The molecular formula is C12H15F2N. The Kier molecular flexibility index (Phi) is 3.97. The summed E-state index contributed by atoms with van der Waals surface area (Å²) in [5, 5.41) is 3.12. The molecule has 0 aliphatic rings. The molecule has 0 radical (unpaired) electrons. The number of rotatable bonds is 4. The minimum atomic E-state index is -0.561. The van der Waals surface area contributed by atoms with Crippen molar-refractivity contribution in [2.75, 3.05) is 6.54 Å². The fourth-order valence-corrected chi connectivity index (χ4v) is 1.52. The van der Waals surface area contributed by atoms with Crippen LogP contribution in [0.4, 0.5) is 8.78 Å². The third kappa shape index (κ3) is 3.13. The fourth-order valence-electron chi connectivity index (χ4n) is 1.52. The number of likely N-dealkylation sites (N-methyl/N-ethyl adjacent to an activating group) is 1. The van der Waals surface area contributed by atoms with Gasteiger partial charge in [-0.2, -0.15) is 0 Å². The van der Waals surface area contributed by atoms with E-state index in [1.165, 1.54) is 12.1 Å². The number of nitrogens with one attached hydrogen (secondary N) is 1. The van der Waals surface area contributed by atoms with Crippen LogP contribution in [0.2, 0.25) is 0 Å². The maximum atomic E-state index is 13.0. The van der Waals surface area contributed by atoms with Crippen molar-refractivity contribution >= 4 is 0 Å². The van der Waals surface area contributed by atoms with Crippen molar-refractivity contribution in [3.8, 4) is 0 Å². The molecule has 15 heavy (non-hydrogen) atoms. The summed E-state index contributed by atoms with van der Waals surface area (Å²) < 4.78 is 26.0. The molecule has 0 amide bonds. The third-order valence-electron chi connectivity index (χ3n) is 2.12. The molecule has 0 aliphatic heterocycles. The van der Waals surface area contributed by atoms with E-state index in [0.717, 1.165) is 18.2 Å². The molecule has 0 spiro atoms. The Labute approximate surface area is 88.8 Å². The summed E-state index contributed by atoms with van der Waals surface area (Å²) in [6.07, 6.45) is 0. The molecule has 0 bridgehead atoms. The van der Waals surface area contributed by atoms with E-state index in [4.69, 9.17) is 0 Å². The minimum absolute atomic E-state index is 0.194. The van der Waals surface area contributed by atoms with E-state index >= 15 is 0 Å². The normalized spacial score (nSPS) is 12.5. The highest BCUT2D eigenvalue weighted by molar-refractivity contribution is 5.27. The predicted molar refractivity (Wildman–Crippen MR) is 57.6 cm³/mol. The smallest absolute Gasteiger partial charge is 0.126 e. The summed E-state index contributed by atoms with van der Waals surface area (Å²) in [7, 11) is 0. The van der Waals surface area contributed by atoms with Gasteiger partial charge in [0.05, 0.1) is 6.04 Å². The number of hydrogen-bond acceptors (Lipinski definition) is 1. The summed E-state index contributed by atoms with van der Waals surface area (Å²) in [4.78, 5) is 0. The van der Waals surface area contributed by atoms with Gasteiger partial charge in [-0.3, -0.25) is 0 Å². The third-order valence-corrected chi connectivity index (χ3v) is 2.12. The second kappa shape index (κ2) is 5.03. The summed E-state index contributed by atoms with van der Waals surface area (Å²) in [5.41, 5.74) is 1.41. The zero-order valence-electron chi connectivity index (χ0n) is 8.98. The van der Waals surface area contributed by atoms with Crippen LogP contribution in [-0.4, -0.2) is 6.54 Å². The van der Waals surface area contributed by atoms with E-state index in [-0.39, 0.29) is 6.04 Å². The van der Waals surface area contributed by atoms with Crippen LogP contribution < -0.4 is 5.32 Å². The molecule has 1 N–H and O–H groups in total. The summed E-state index contributed by atoms with van der Waals surface area (Å²) in [6.45, 7) is 8.29. The molecule has 0 fully saturated rings. The molecule has 82 valence electrons. The molecule has 0 heterocycles. The van der Waals surface area contributed by atoms with Gasteiger partial charge < -0.3 is 5.32 Å². The highest BCUT2D eigenvalue weighted by Crippen LogP contribution is 2.21. The van der Waals surface area contributed by atoms with Crippen molar-refractivity contribution in [3.05, 3.63) is 47.5 Å². The average molecular weight is 211 g/mol. The monoisotopic (exact) mass is 211 g/mol. The Balaban J connectivity index is 3.05. The van der Waals surface area contributed by atoms with E-state index < -0.39 is 11.6 Å². The lowest BCUT2D eigenvalue weighted by Crippen LogP contribution is -2.21. The second-order valence-electron chi connectivity index (χ2n) is 3.54. The molecule has 1 unspecified atom stereocenters. The van der Waals surface area contributed by atoms with Crippen molar-refractivity contribution in [1.82, 2.24) is 5.32 Å². The van der Waals surface area contributed by atoms with Crippen LogP contribution in [0.3, 0.4) is 0 Å². The minimum Gasteiger partial charge on any atom is -0.307 e. The van der Waals surface area contributed by atoms with Gasteiger partial charge in [-0.1, -0.05) is 19.1 Å². The maximum absolute atomic E-state index is 13.0. The molecular weight excluding hydrogens is 196 g/mol. The molecule has 0 saturated carbocycles. The van der Waals surface area contributed by atoms with Crippen LogP contribution in [0.5, 0.6) is 0 Å². The van der Waals surface area contributed by atoms with Gasteiger partial charge in [0.15, 0.2) is 0 Å². The average Bonchev–Trinajstić information content (AvgIpc) is 2.11. The van der Waals surface area contributed by atoms with E-state index in [0.29, 0.717) is 5.56 Å². The van der Waals surface area contributed by atoms with Gasteiger partial charge in [0.2, 0.25) is 0 Å². The Hall–Kier alpha value is -1.22. The molecule has 1 nitrogen and oxygen atoms in total. The Morgan fingerprint density at radius 1 is 1.33 bits per heavy atom. The second-order valence-corrected chi connectivity index (χ2v) is 3.54. The Bertz CT molecular complexity index is 340. The molecule has 0 saturated heterocycles. The Morgan fingerprint density at radius 2 is 1.87 bits per heavy atom. The number of benzene rings is 1. The lowest BCUT2D eigenvalue weighted by atomic mass is 10.0. The first-order valence-electron chi connectivity index (χ1n) is 4.89. The van der Waals surface area contributed by atoms with E-state index in [1.807, 2.05) is 13.8 Å². The van der Waals surface area contributed by atoms with Crippen molar-refractivity contribution < 1.29 is 8.78 Å². The summed E-state index contributed by atoms with van der Waals surface area (Å²) >= 11 is 0. The van der Waals surface area contributed by atoms with E-state index in [1.54, 1.807) is 0 Å². The van der Waals surface area contributed by atoms with Crippen molar-refractivity contribution in [1.29, 1.82) is 0 Å². The standard InChI is InChI=1S/C12H15F2N/c1-4-15-12(8(2)3)9-5-10(13)7-11(14)6-9/h5-7,12,15H,2,4H2,1,3H3. The number of hydrogen-bond donors (Lipinski definition) is 1. The zero-order valence-corrected chi connectivity index (χ0v) is 8.98. The molecule has 1 rings (SSSR count). The first kappa shape index (κ1) is 11.9. The van der Waals surface area contributed by atoms with Gasteiger partial charge >= 0.3 is 0 Å². The SMILES string of the molecule is C=C(C)C(NCC)c1cc(F)cc(F)c1. The van der Waals surface area contributed by atoms with Crippen LogP contribution >= 0.6 is 0 Å². The largest absolute Gasteiger partial charge is 0.307 e. The summed E-state index contributed by atoms with van der Waals surface area (Å²) in [5.74, 6) is -1.12. The van der Waals surface area contributed by atoms with Crippen molar-refractivity contribution in [3.63, 3.8) is 0 Å². The van der Waals surface area contributed by atoms with Gasteiger partial charge in [-0.25, -0.2) is 8.78 Å². The van der Waals surface area contributed by atoms with Crippen molar-refractivity contribution in [2.24, 2.45) is 0 Å². The molecule has 1 atom stereocenters. The van der Waals surface area contributed by atoms with Crippen LogP contribution in [-0.2, 0) is 0 Å². The van der Waals surface area contributed by atoms with Gasteiger partial charge in [0, 0.05) is 6.07 Å². The lowest BCUT2D eigenvalue weighted by molar-refractivity contribution is 0.563. The highest BCUT2D eigenvalue weighted by Gasteiger charge is 2.12. The molecule has 0 aromatic heterocycles. The topological polar surface area (TPSA) is 12.0 Å². The van der Waals surface area contributed by atoms with E-state index in [2.05, 4.69) is 11.9 Å². The van der Waals surface area contributed by atoms with Gasteiger partial charge in [0.25, 0.3) is 0 Å². The quantitative estimate of drug-likeness (QED) is 0.754. The Morgan fingerprint density at radius 3 is 2.27 bits per heavy atom. The molecule has 3 heteroatoms. The first-order chi connectivity index (χ1) is 7.04. The van der Waals surface area contributed by atoms with Crippen molar-refractivity contribution in [2.45, 2.75) is 19.9 Å². The zero-order chi connectivity index (χ0) is 11.4.